The van der Waals surface area contributed by atoms with Crippen molar-refractivity contribution in [2.24, 2.45) is 0 Å². The standard InChI is InChI=1S/C16H20N2O2S/c1-21-13-8-7-12(9-13)18-10-14(19)17-15(16(18)20)11-5-3-2-4-6-11/h2-6,12-13,15H,7-10H2,1H3,(H,17,19). The Morgan fingerprint density at radius 2 is 1.95 bits per heavy atom. The Bertz CT molecular complexity index is 534. The van der Waals surface area contributed by atoms with Crippen LogP contribution in [0.25, 0.3) is 0 Å². The van der Waals surface area contributed by atoms with E-state index in [0.29, 0.717) is 5.25 Å². The van der Waals surface area contributed by atoms with Gasteiger partial charge >= 0.3 is 0 Å². The van der Waals surface area contributed by atoms with Crippen LogP contribution in [-0.2, 0) is 9.59 Å². The lowest BCUT2D eigenvalue weighted by Gasteiger charge is -2.36. The van der Waals surface area contributed by atoms with Crippen LogP contribution in [0.1, 0.15) is 30.9 Å². The van der Waals surface area contributed by atoms with Gasteiger partial charge in [-0.2, -0.15) is 11.8 Å². The van der Waals surface area contributed by atoms with E-state index in [1.165, 1.54) is 0 Å². The quantitative estimate of drug-likeness (QED) is 0.929. The van der Waals surface area contributed by atoms with Gasteiger partial charge in [0.05, 0.1) is 6.54 Å². The lowest BCUT2D eigenvalue weighted by Crippen LogP contribution is -2.56. The van der Waals surface area contributed by atoms with Gasteiger partial charge in [-0.1, -0.05) is 30.3 Å². The lowest BCUT2D eigenvalue weighted by molar-refractivity contribution is -0.146. The van der Waals surface area contributed by atoms with Crippen molar-refractivity contribution in [2.75, 3.05) is 12.8 Å². The first-order valence-electron chi connectivity index (χ1n) is 7.36. The monoisotopic (exact) mass is 304 g/mol. The van der Waals surface area contributed by atoms with Crippen LogP contribution in [0, 0.1) is 0 Å². The highest BCUT2D eigenvalue weighted by atomic mass is 32.2. The van der Waals surface area contributed by atoms with Crippen molar-refractivity contribution in [1.82, 2.24) is 10.2 Å². The number of amides is 2. The lowest BCUT2D eigenvalue weighted by atomic mass is 10.0. The number of rotatable bonds is 3. The number of thioether (sulfide) groups is 1. The maximum absolute atomic E-state index is 12.8. The molecule has 1 aromatic carbocycles. The van der Waals surface area contributed by atoms with E-state index in [4.69, 9.17) is 0 Å². The summed E-state index contributed by atoms with van der Waals surface area (Å²) in [6, 6.07) is 9.18. The fourth-order valence-electron chi connectivity index (χ4n) is 3.26. The fourth-order valence-corrected chi connectivity index (χ4v) is 4.05. The highest BCUT2D eigenvalue weighted by Crippen LogP contribution is 2.33. The molecule has 0 radical (unpaired) electrons. The van der Waals surface area contributed by atoms with Crippen molar-refractivity contribution >= 4 is 23.6 Å². The summed E-state index contributed by atoms with van der Waals surface area (Å²) in [7, 11) is 0. The van der Waals surface area contributed by atoms with Gasteiger partial charge in [-0.05, 0) is 31.1 Å². The third kappa shape index (κ3) is 2.93. The molecule has 0 spiro atoms. The zero-order valence-electron chi connectivity index (χ0n) is 12.1. The Hall–Kier alpha value is -1.49. The molecule has 0 aromatic heterocycles. The highest BCUT2D eigenvalue weighted by Gasteiger charge is 2.39. The molecule has 1 saturated carbocycles. The number of hydrogen-bond donors (Lipinski definition) is 1. The molecule has 1 heterocycles. The zero-order chi connectivity index (χ0) is 14.8. The molecule has 5 heteroatoms. The van der Waals surface area contributed by atoms with Crippen LogP contribution in [0.15, 0.2) is 30.3 Å². The molecule has 112 valence electrons. The second-order valence-electron chi connectivity index (χ2n) is 5.70. The number of carbonyl (C=O) groups is 2. The molecule has 1 aliphatic heterocycles. The van der Waals surface area contributed by atoms with E-state index in [-0.39, 0.29) is 24.4 Å². The molecule has 1 N–H and O–H groups in total. The third-order valence-electron chi connectivity index (χ3n) is 4.41. The van der Waals surface area contributed by atoms with Gasteiger partial charge in [-0.3, -0.25) is 9.59 Å². The molecule has 3 rings (SSSR count). The Kier molecular flexibility index (Phi) is 4.19. The number of carbonyl (C=O) groups excluding carboxylic acids is 2. The maximum atomic E-state index is 12.8. The summed E-state index contributed by atoms with van der Waals surface area (Å²) in [4.78, 5) is 26.6. The largest absolute Gasteiger partial charge is 0.339 e. The molecule has 4 nitrogen and oxygen atoms in total. The van der Waals surface area contributed by atoms with Crippen LogP contribution in [0.5, 0.6) is 0 Å². The van der Waals surface area contributed by atoms with E-state index in [9.17, 15) is 9.59 Å². The first-order valence-corrected chi connectivity index (χ1v) is 8.65. The zero-order valence-corrected chi connectivity index (χ0v) is 12.9. The SMILES string of the molecule is CSC1CCC(N2CC(=O)NC(c3ccccc3)C2=O)C1. The van der Waals surface area contributed by atoms with Gasteiger partial charge in [0, 0.05) is 11.3 Å². The summed E-state index contributed by atoms with van der Waals surface area (Å²) in [5.74, 6) is -0.0244. The summed E-state index contributed by atoms with van der Waals surface area (Å²) in [5.41, 5.74) is 0.861. The number of nitrogens with one attached hydrogen (secondary N) is 1. The van der Waals surface area contributed by atoms with E-state index in [2.05, 4.69) is 11.6 Å². The van der Waals surface area contributed by atoms with Crippen molar-refractivity contribution in [1.29, 1.82) is 0 Å². The minimum absolute atomic E-state index is 0.0348. The van der Waals surface area contributed by atoms with E-state index >= 15 is 0 Å². The first-order chi connectivity index (χ1) is 10.2. The summed E-state index contributed by atoms with van der Waals surface area (Å²) in [6.07, 6.45) is 5.26. The Morgan fingerprint density at radius 3 is 2.62 bits per heavy atom. The van der Waals surface area contributed by atoms with Crippen LogP contribution in [0.4, 0.5) is 0 Å². The van der Waals surface area contributed by atoms with Gasteiger partial charge in [0.15, 0.2) is 0 Å². The smallest absolute Gasteiger partial charge is 0.250 e. The van der Waals surface area contributed by atoms with Crippen LogP contribution in [-0.4, -0.2) is 40.8 Å². The van der Waals surface area contributed by atoms with Crippen LogP contribution in [0.3, 0.4) is 0 Å². The van der Waals surface area contributed by atoms with Crippen LogP contribution in [0.2, 0.25) is 0 Å². The van der Waals surface area contributed by atoms with E-state index < -0.39 is 6.04 Å². The van der Waals surface area contributed by atoms with Gasteiger partial charge in [0.2, 0.25) is 5.91 Å². The van der Waals surface area contributed by atoms with Gasteiger partial charge in [-0.15, -0.1) is 0 Å². The third-order valence-corrected chi connectivity index (χ3v) is 5.51. The molecular weight excluding hydrogens is 284 g/mol. The first kappa shape index (κ1) is 14.4. The van der Waals surface area contributed by atoms with Gasteiger partial charge < -0.3 is 10.2 Å². The predicted molar refractivity (Wildman–Crippen MR) is 84.0 cm³/mol. The van der Waals surface area contributed by atoms with Crippen molar-refractivity contribution in [2.45, 2.75) is 36.6 Å². The Morgan fingerprint density at radius 1 is 1.19 bits per heavy atom. The average Bonchev–Trinajstić information content (AvgIpc) is 2.99. The van der Waals surface area contributed by atoms with Crippen molar-refractivity contribution in [3.05, 3.63) is 35.9 Å². The molecule has 21 heavy (non-hydrogen) atoms. The minimum atomic E-state index is -0.527. The molecule has 3 atom stereocenters. The summed E-state index contributed by atoms with van der Waals surface area (Å²) < 4.78 is 0. The van der Waals surface area contributed by atoms with Gasteiger partial charge in [0.1, 0.15) is 6.04 Å². The molecule has 1 saturated heterocycles. The fraction of sp³-hybridized carbons (Fsp3) is 0.500. The summed E-state index contributed by atoms with van der Waals surface area (Å²) >= 11 is 1.86. The molecule has 3 unspecified atom stereocenters. The van der Waals surface area contributed by atoms with Crippen molar-refractivity contribution in [3.8, 4) is 0 Å². The van der Waals surface area contributed by atoms with E-state index in [0.717, 1.165) is 24.8 Å². The Balaban J connectivity index is 1.79. The summed E-state index contributed by atoms with van der Waals surface area (Å²) in [5, 5.41) is 3.44. The maximum Gasteiger partial charge on any atom is 0.250 e. The average molecular weight is 304 g/mol. The molecular formula is C16H20N2O2S. The normalized spacial score (nSPS) is 29.6. The van der Waals surface area contributed by atoms with Gasteiger partial charge in [-0.25, -0.2) is 0 Å². The van der Waals surface area contributed by atoms with Crippen LogP contribution < -0.4 is 5.32 Å². The molecule has 2 aliphatic rings. The molecule has 2 fully saturated rings. The van der Waals surface area contributed by atoms with E-state index in [1.54, 1.807) is 4.90 Å². The van der Waals surface area contributed by atoms with Crippen molar-refractivity contribution < 1.29 is 9.59 Å². The molecule has 1 aliphatic carbocycles. The van der Waals surface area contributed by atoms with Gasteiger partial charge in [0.25, 0.3) is 5.91 Å². The predicted octanol–water partition coefficient (Wildman–Crippen LogP) is 1.97. The number of benzene rings is 1. The highest BCUT2D eigenvalue weighted by molar-refractivity contribution is 7.99. The summed E-state index contributed by atoms with van der Waals surface area (Å²) in [6.45, 7) is 0.202. The number of piperazine rings is 1. The molecule has 0 bridgehead atoms. The second-order valence-corrected chi connectivity index (χ2v) is 6.84. The van der Waals surface area contributed by atoms with Crippen molar-refractivity contribution in [3.63, 3.8) is 0 Å². The van der Waals surface area contributed by atoms with Crippen LogP contribution >= 0.6 is 11.8 Å². The minimum Gasteiger partial charge on any atom is -0.339 e. The van der Waals surface area contributed by atoms with E-state index in [1.807, 2.05) is 42.1 Å². The second kappa shape index (κ2) is 6.10. The molecule has 1 aromatic rings. The molecule has 2 amide bonds. The Labute approximate surface area is 129 Å². The number of nitrogens with zero attached hydrogens (tertiary/aromatic N) is 1. The number of hydrogen-bond acceptors (Lipinski definition) is 3. The topological polar surface area (TPSA) is 49.4 Å².